The molecule has 1 aromatic carbocycles. The van der Waals surface area contributed by atoms with Crippen LogP contribution < -0.4 is 10.1 Å². The zero-order valence-electron chi connectivity index (χ0n) is 17.5. The summed E-state index contributed by atoms with van der Waals surface area (Å²) in [4.78, 5) is 20.2. The van der Waals surface area contributed by atoms with Gasteiger partial charge in [-0.15, -0.1) is 0 Å². The second-order valence-electron chi connectivity index (χ2n) is 8.36. The van der Waals surface area contributed by atoms with Gasteiger partial charge in [-0.1, -0.05) is 31.4 Å². The van der Waals surface area contributed by atoms with E-state index in [-0.39, 0.29) is 12.5 Å². The van der Waals surface area contributed by atoms with Crippen molar-refractivity contribution >= 4 is 11.9 Å². The van der Waals surface area contributed by atoms with E-state index in [9.17, 15) is 4.79 Å². The van der Waals surface area contributed by atoms with Crippen LogP contribution in [0.1, 0.15) is 44.1 Å². The summed E-state index contributed by atoms with van der Waals surface area (Å²) in [6.07, 6.45) is 8.17. The topological polar surface area (TPSA) is 57.2 Å². The van der Waals surface area contributed by atoms with E-state index in [1.165, 1.54) is 43.4 Å². The Bertz CT molecular complexity index is 696. The summed E-state index contributed by atoms with van der Waals surface area (Å²) in [5.74, 6) is 1.65. The minimum atomic E-state index is -0.0467. The highest BCUT2D eigenvalue weighted by molar-refractivity contribution is 5.80. The smallest absolute Gasteiger partial charge is 0.259 e. The summed E-state index contributed by atoms with van der Waals surface area (Å²) in [5, 5.41) is 3.51. The fourth-order valence-corrected chi connectivity index (χ4v) is 4.36. The summed E-state index contributed by atoms with van der Waals surface area (Å²) in [7, 11) is 5.32. The quantitative estimate of drug-likeness (QED) is 0.624. The number of guanidine groups is 1. The molecule has 1 aliphatic heterocycles. The summed E-state index contributed by atoms with van der Waals surface area (Å²) in [6.45, 7) is 2.97. The van der Waals surface area contributed by atoms with Crippen molar-refractivity contribution in [2.24, 2.45) is 10.4 Å². The van der Waals surface area contributed by atoms with Crippen LogP contribution in [0.5, 0.6) is 5.75 Å². The first-order valence-corrected chi connectivity index (χ1v) is 10.4. The van der Waals surface area contributed by atoms with Crippen LogP contribution >= 0.6 is 0 Å². The molecule has 6 nitrogen and oxygen atoms in total. The molecule has 0 unspecified atom stereocenters. The van der Waals surface area contributed by atoms with Gasteiger partial charge in [0.2, 0.25) is 0 Å². The molecule has 1 aromatic rings. The first-order chi connectivity index (χ1) is 13.5. The Morgan fingerprint density at radius 1 is 1.25 bits per heavy atom. The number of likely N-dealkylation sites (tertiary alicyclic amines) is 1. The van der Waals surface area contributed by atoms with Crippen molar-refractivity contribution in [2.75, 3.05) is 40.8 Å². The van der Waals surface area contributed by atoms with Crippen molar-refractivity contribution in [3.63, 3.8) is 0 Å². The lowest BCUT2D eigenvalue weighted by atomic mass is 9.73. The largest absolute Gasteiger partial charge is 0.484 e. The molecule has 1 aliphatic carbocycles. The molecule has 6 heteroatoms. The molecule has 0 atom stereocenters. The second-order valence-corrected chi connectivity index (χ2v) is 8.36. The van der Waals surface area contributed by atoms with Crippen LogP contribution in [0.2, 0.25) is 0 Å². The van der Waals surface area contributed by atoms with E-state index in [1.54, 1.807) is 14.1 Å². The minimum Gasteiger partial charge on any atom is -0.484 e. The molecule has 0 bridgehead atoms. The van der Waals surface area contributed by atoms with Gasteiger partial charge in [0.15, 0.2) is 12.6 Å². The van der Waals surface area contributed by atoms with Crippen LogP contribution in [-0.2, 0) is 11.3 Å². The van der Waals surface area contributed by atoms with Crippen LogP contribution in [-0.4, -0.2) is 62.5 Å². The van der Waals surface area contributed by atoms with Crippen molar-refractivity contribution in [1.29, 1.82) is 0 Å². The van der Waals surface area contributed by atoms with Crippen molar-refractivity contribution in [1.82, 2.24) is 15.1 Å². The number of carbonyl (C=O) groups is 1. The third kappa shape index (κ3) is 5.18. The molecule has 1 saturated carbocycles. The predicted octanol–water partition coefficient (Wildman–Crippen LogP) is 2.89. The molecule has 28 heavy (non-hydrogen) atoms. The number of carbonyl (C=O) groups excluding carboxylic acids is 1. The highest BCUT2D eigenvalue weighted by Gasteiger charge is 2.39. The fourth-order valence-electron chi connectivity index (χ4n) is 4.36. The Hall–Kier alpha value is -2.24. The van der Waals surface area contributed by atoms with Crippen LogP contribution in [0.3, 0.4) is 0 Å². The lowest BCUT2D eigenvalue weighted by molar-refractivity contribution is -0.130. The minimum absolute atomic E-state index is 0.0467. The van der Waals surface area contributed by atoms with E-state index < -0.39 is 0 Å². The van der Waals surface area contributed by atoms with Gasteiger partial charge in [-0.25, -0.2) is 0 Å². The predicted molar refractivity (Wildman–Crippen MR) is 113 cm³/mol. The van der Waals surface area contributed by atoms with Gasteiger partial charge < -0.3 is 19.9 Å². The van der Waals surface area contributed by atoms with Crippen LogP contribution in [0.25, 0.3) is 0 Å². The van der Waals surface area contributed by atoms with E-state index in [0.29, 0.717) is 17.7 Å². The Labute approximate surface area is 168 Å². The number of amides is 1. The Morgan fingerprint density at radius 3 is 2.75 bits per heavy atom. The molecule has 3 rings (SSSR count). The van der Waals surface area contributed by atoms with Gasteiger partial charge in [-0.05, 0) is 42.4 Å². The number of nitrogens with one attached hydrogen (secondary N) is 1. The average Bonchev–Trinajstić information content (AvgIpc) is 3.10. The average molecular weight is 387 g/mol. The van der Waals surface area contributed by atoms with Gasteiger partial charge >= 0.3 is 0 Å². The van der Waals surface area contributed by atoms with E-state index in [2.05, 4.69) is 21.3 Å². The molecule has 2 fully saturated rings. The Kier molecular flexibility index (Phi) is 6.81. The molecule has 0 radical (unpaired) electrons. The summed E-state index contributed by atoms with van der Waals surface area (Å²) < 4.78 is 5.62. The first-order valence-electron chi connectivity index (χ1n) is 10.4. The molecule has 0 aromatic heterocycles. The third-order valence-corrected chi connectivity index (χ3v) is 6.07. The van der Waals surface area contributed by atoms with Crippen molar-refractivity contribution < 1.29 is 9.53 Å². The van der Waals surface area contributed by atoms with Crippen molar-refractivity contribution in [3.05, 3.63) is 29.8 Å². The molecule has 2 aliphatic rings. The molecular weight excluding hydrogens is 352 g/mol. The number of ether oxygens (including phenoxy) is 1. The van der Waals surface area contributed by atoms with Crippen molar-refractivity contribution in [2.45, 2.75) is 45.1 Å². The van der Waals surface area contributed by atoms with E-state index in [0.717, 1.165) is 24.6 Å². The number of rotatable bonds is 5. The Morgan fingerprint density at radius 2 is 2.04 bits per heavy atom. The summed E-state index contributed by atoms with van der Waals surface area (Å²) in [6, 6.07) is 7.89. The first kappa shape index (κ1) is 20.5. The SMILES string of the molecule is CN=C(NCc1cccc(OCC(=O)N(C)C)c1)N1CCC2(CCCCC2)C1. The number of hydrogen-bond acceptors (Lipinski definition) is 3. The lowest BCUT2D eigenvalue weighted by Crippen LogP contribution is -2.41. The summed E-state index contributed by atoms with van der Waals surface area (Å²) in [5.41, 5.74) is 1.63. The maximum atomic E-state index is 11.7. The third-order valence-electron chi connectivity index (χ3n) is 6.07. The second kappa shape index (κ2) is 9.30. The maximum absolute atomic E-state index is 11.7. The van der Waals surface area contributed by atoms with Crippen LogP contribution in [0.15, 0.2) is 29.3 Å². The molecule has 1 amide bonds. The molecular formula is C22H34N4O2. The van der Waals surface area contributed by atoms with Gasteiger partial charge in [0.1, 0.15) is 5.75 Å². The highest BCUT2D eigenvalue weighted by atomic mass is 16.5. The Balaban J connectivity index is 1.53. The number of hydrogen-bond donors (Lipinski definition) is 1. The van der Waals surface area contributed by atoms with E-state index in [1.807, 2.05) is 25.2 Å². The zero-order valence-corrected chi connectivity index (χ0v) is 17.5. The van der Waals surface area contributed by atoms with Gasteiger partial charge in [-0.2, -0.15) is 0 Å². The molecule has 1 N–H and O–H groups in total. The van der Waals surface area contributed by atoms with Gasteiger partial charge in [-0.3, -0.25) is 9.79 Å². The monoisotopic (exact) mass is 386 g/mol. The molecule has 1 saturated heterocycles. The van der Waals surface area contributed by atoms with Gasteiger partial charge in [0, 0.05) is 40.8 Å². The normalized spacial score (nSPS) is 19.0. The van der Waals surface area contributed by atoms with Crippen LogP contribution in [0.4, 0.5) is 0 Å². The summed E-state index contributed by atoms with van der Waals surface area (Å²) >= 11 is 0. The lowest BCUT2D eigenvalue weighted by Gasteiger charge is -2.33. The molecule has 154 valence electrons. The van der Waals surface area contributed by atoms with E-state index >= 15 is 0 Å². The van der Waals surface area contributed by atoms with Crippen LogP contribution in [0, 0.1) is 5.41 Å². The number of likely N-dealkylation sites (N-methyl/N-ethyl adjacent to an activating group) is 1. The maximum Gasteiger partial charge on any atom is 0.259 e. The highest BCUT2D eigenvalue weighted by Crippen LogP contribution is 2.43. The number of aliphatic imine (C=N–C) groups is 1. The van der Waals surface area contributed by atoms with Gasteiger partial charge in [0.25, 0.3) is 5.91 Å². The molecule has 1 heterocycles. The number of benzene rings is 1. The zero-order chi connectivity index (χ0) is 20.0. The van der Waals surface area contributed by atoms with E-state index in [4.69, 9.17) is 4.74 Å². The van der Waals surface area contributed by atoms with Gasteiger partial charge in [0.05, 0.1) is 0 Å². The molecule has 1 spiro atoms. The van der Waals surface area contributed by atoms with Crippen molar-refractivity contribution in [3.8, 4) is 5.75 Å². The number of nitrogens with zero attached hydrogens (tertiary/aromatic N) is 3. The fraction of sp³-hybridized carbons (Fsp3) is 0.636. The standard InChI is InChI=1S/C22H34N4O2/c1-23-21(26-13-12-22(17-26)10-5-4-6-11-22)24-15-18-8-7-9-19(14-18)28-16-20(27)25(2)3/h7-9,14H,4-6,10-13,15-17H2,1-3H3,(H,23,24).